The Morgan fingerprint density at radius 1 is 1.33 bits per heavy atom. The molecule has 1 fully saturated rings. The summed E-state index contributed by atoms with van der Waals surface area (Å²) in [5, 5.41) is 3.60. The summed E-state index contributed by atoms with van der Waals surface area (Å²) >= 11 is 6.02. The van der Waals surface area contributed by atoms with Crippen LogP contribution in [0.15, 0.2) is 24.3 Å². The first-order valence-electron chi connectivity index (χ1n) is 7.17. The Bertz CT molecular complexity index is 462. The molecule has 0 saturated carbocycles. The summed E-state index contributed by atoms with van der Waals surface area (Å²) in [5.74, 6) is 0.0586. The van der Waals surface area contributed by atoms with Crippen molar-refractivity contribution in [3.05, 3.63) is 29.3 Å². The van der Waals surface area contributed by atoms with Crippen molar-refractivity contribution in [2.24, 2.45) is 0 Å². The molecule has 1 heterocycles. The van der Waals surface area contributed by atoms with E-state index >= 15 is 0 Å². The van der Waals surface area contributed by atoms with Crippen LogP contribution in [0.3, 0.4) is 0 Å². The van der Waals surface area contributed by atoms with E-state index in [1.54, 1.807) is 7.11 Å². The quantitative estimate of drug-likeness (QED) is 0.803. The Kier molecular flexibility index (Phi) is 6.29. The van der Waals surface area contributed by atoms with Gasteiger partial charge in [0.25, 0.3) is 0 Å². The molecule has 21 heavy (non-hydrogen) atoms. The molecule has 0 bridgehead atoms. The molecule has 1 aromatic rings. The van der Waals surface area contributed by atoms with Crippen LogP contribution in [-0.2, 0) is 9.53 Å². The zero-order valence-electron chi connectivity index (χ0n) is 12.3. The van der Waals surface area contributed by atoms with E-state index in [1.165, 1.54) is 0 Å². The molecule has 0 spiro atoms. The molecule has 2 rings (SSSR count). The van der Waals surface area contributed by atoms with Gasteiger partial charge in [-0.25, -0.2) is 0 Å². The van der Waals surface area contributed by atoms with Crippen molar-refractivity contribution in [2.75, 3.05) is 57.9 Å². The highest BCUT2D eigenvalue weighted by Gasteiger charge is 2.19. The highest BCUT2D eigenvalue weighted by Crippen LogP contribution is 2.20. The van der Waals surface area contributed by atoms with Crippen LogP contribution >= 0.6 is 11.6 Å². The molecule has 5 nitrogen and oxygen atoms in total. The number of amides is 1. The number of benzene rings is 1. The summed E-state index contributed by atoms with van der Waals surface area (Å²) in [6.45, 7) is 5.14. The number of ether oxygens (including phenoxy) is 1. The van der Waals surface area contributed by atoms with Gasteiger partial charge in [0.15, 0.2) is 0 Å². The van der Waals surface area contributed by atoms with Crippen LogP contribution in [0.5, 0.6) is 0 Å². The lowest BCUT2D eigenvalue weighted by atomic mass is 10.2. The SMILES string of the molecule is COCCNC(=O)CN1CCN(c2cccc(Cl)c2)CC1. The number of hydrogen-bond donors (Lipinski definition) is 1. The molecule has 0 unspecified atom stereocenters. The maximum Gasteiger partial charge on any atom is 0.234 e. The van der Waals surface area contributed by atoms with Gasteiger partial charge in [0.05, 0.1) is 13.2 Å². The number of rotatable bonds is 6. The molecular weight excluding hydrogens is 290 g/mol. The van der Waals surface area contributed by atoms with E-state index in [1.807, 2.05) is 18.2 Å². The third kappa shape index (κ3) is 5.19. The molecule has 1 aliphatic rings. The molecule has 0 radical (unpaired) electrons. The van der Waals surface area contributed by atoms with Gasteiger partial charge < -0.3 is 15.0 Å². The fourth-order valence-electron chi connectivity index (χ4n) is 2.39. The number of carbonyl (C=O) groups excluding carboxylic acids is 1. The predicted octanol–water partition coefficient (Wildman–Crippen LogP) is 1.22. The Balaban J connectivity index is 1.74. The highest BCUT2D eigenvalue weighted by molar-refractivity contribution is 6.30. The number of hydrogen-bond acceptors (Lipinski definition) is 4. The Labute approximate surface area is 130 Å². The van der Waals surface area contributed by atoms with E-state index in [9.17, 15) is 4.79 Å². The van der Waals surface area contributed by atoms with E-state index < -0.39 is 0 Å². The van der Waals surface area contributed by atoms with Crippen LogP contribution in [0.1, 0.15) is 0 Å². The van der Waals surface area contributed by atoms with E-state index in [4.69, 9.17) is 16.3 Å². The van der Waals surface area contributed by atoms with Gasteiger partial charge in [-0.2, -0.15) is 0 Å². The Morgan fingerprint density at radius 2 is 2.10 bits per heavy atom. The standard InChI is InChI=1S/C15H22ClN3O2/c1-21-10-5-17-15(20)12-18-6-8-19(9-7-18)14-4-2-3-13(16)11-14/h2-4,11H,5-10,12H2,1H3,(H,17,20). The van der Waals surface area contributed by atoms with Crippen LogP contribution in [0.2, 0.25) is 5.02 Å². The van der Waals surface area contributed by atoms with Crippen molar-refractivity contribution >= 4 is 23.2 Å². The fraction of sp³-hybridized carbons (Fsp3) is 0.533. The molecule has 1 aromatic carbocycles. The maximum absolute atomic E-state index is 11.7. The van der Waals surface area contributed by atoms with Gasteiger partial charge in [-0.3, -0.25) is 9.69 Å². The minimum absolute atomic E-state index is 0.0586. The van der Waals surface area contributed by atoms with Crippen LogP contribution < -0.4 is 10.2 Å². The van der Waals surface area contributed by atoms with E-state index in [-0.39, 0.29) is 5.91 Å². The molecular formula is C15H22ClN3O2. The Morgan fingerprint density at radius 3 is 2.76 bits per heavy atom. The highest BCUT2D eigenvalue weighted by atomic mass is 35.5. The topological polar surface area (TPSA) is 44.8 Å². The summed E-state index contributed by atoms with van der Waals surface area (Å²) in [7, 11) is 1.63. The van der Waals surface area contributed by atoms with Gasteiger partial charge in [0.2, 0.25) is 5.91 Å². The van der Waals surface area contributed by atoms with Gasteiger partial charge in [-0.1, -0.05) is 17.7 Å². The summed E-state index contributed by atoms with van der Waals surface area (Å²) in [6.07, 6.45) is 0. The minimum atomic E-state index is 0.0586. The number of methoxy groups -OCH3 is 1. The molecule has 116 valence electrons. The van der Waals surface area contributed by atoms with E-state index in [2.05, 4.69) is 21.2 Å². The number of nitrogens with zero attached hydrogens (tertiary/aromatic N) is 2. The van der Waals surface area contributed by atoms with Gasteiger partial charge in [-0.15, -0.1) is 0 Å². The second kappa shape index (κ2) is 8.22. The summed E-state index contributed by atoms with van der Waals surface area (Å²) in [4.78, 5) is 16.2. The van der Waals surface area contributed by atoms with E-state index in [0.29, 0.717) is 19.7 Å². The van der Waals surface area contributed by atoms with Gasteiger partial charge >= 0.3 is 0 Å². The lowest BCUT2D eigenvalue weighted by Crippen LogP contribution is -2.49. The second-order valence-corrected chi connectivity index (χ2v) is 5.52. The van der Waals surface area contributed by atoms with Crippen LogP contribution in [0.25, 0.3) is 0 Å². The van der Waals surface area contributed by atoms with Gasteiger partial charge in [0.1, 0.15) is 0 Å². The first-order chi connectivity index (χ1) is 10.2. The van der Waals surface area contributed by atoms with E-state index in [0.717, 1.165) is 36.9 Å². The molecule has 0 atom stereocenters. The van der Waals surface area contributed by atoms with Crippen LogP contribution in [0, 0.1) is 0 Å². The molecule has 1 saturated heterocycles. The predicted molar refractivity (Wildman–Crippen MR) is 85.0 cm³/mol. The molecule has 0 aromatic heterocycles. The van der Waals surface area contributed by atoms with Crippen molar-refractivity contribution in [2.45, 2.75) is 0 Å². The number of piperazine rings is 1. The number of nitrogens with one attached hydrogen (secondary N) is 1. The smallest absolute Gasteiger partial charge is 0.234 e. The summed E-state index contributed by atoms with van der Waals surface area (Å²) < 4.78 is 4.91. The number of carbonyl (C=O) groups is 1. The number of anilines is 1. The normalized spacial score (nSPS) is 16.0. The molecule has 1 N–H and O–H groups in total. The molecule has 6 heteroatoms. The average Bonchev–Trinajstić information content (AvgIpc) is 2.48. The van der Waals surface area contributed by atoms with Crippen molar-refractivity contribution in [1.82, 2.24) is 10.2 Å². The summed E-state index contributed by atoms with van der Waals surface area (Å²) in [6, 6.07) is 7.90. The number of halogens is 1. The van der Waals surface area contributed by atoms with Crippen molar-refractivity contribution < 1.29 is 9.53 Å². The zero-order valence-corrected chi connectivity index (χ0v) is 13.1. The third-order valence-electron chi connectivity index (χ3n) is 3.54. The minimum Gasteiger partial charge on any atom is -0.383 e. The molecule has 0 aliphatic carbocycles. The van der Waals surface area contributed by atoms with Crippen LogP contribution in [-0.4, -0.2) is 63.8 Å². The van der Waals surface area contributed by atoms with Gasteiger partial charge in [-0.05, 0) is 18.2 Å². The maximum atomic E-state index is 11.7. The second-order valence-electron chi connectivity index (χ2n) is 5.09. The lowest BCUT2D eigenvalue weighted by molar-refractivity contribution is -0.122. The average molecular weight is 312 g/mol. The van der Waals surface area contributed by atoms with Crippen molar-refractivity contribution in [1.29, 1.82) is 0 Å². The lowest BCUT2D eigenvalue weighted by Gasteiger charge is -2.35. The molecule has 1 amide bonds. The first kappa shape index (κ1) is 16.1. The fourth-order valence-corrected chi connectivity index (χ4v) is 2.57. The van der Waals surface area contributed by atoms with Crippen LogP contribution in [0.4, 0.5) is 5.69 Å². The summed E-state index contributed by atoms with van der Waals surface area (Å²) in [5.41, 5.74) is 1.15. The first-order valence-corrected chi connectivity index (χ1v) is 7.55. The molecule has 1 aliphatic heterocycles. The zero-order chi connectivity index (χ0) is 15.1. The van der Waals surface area contributed by atoms with Crippen molar-refractivity contribution in [3.63, 3.8) is 0 Å². The largest absolute Gasteiger partial charge is 0.383 e. The van der Waals surface area contributed by atoms with Gasteiger partial charge in [0, 0.05) is 50.5 Å². The third-order valence-corrected chi connectivity index (χ3v) is 3.78. The monoisotopic (exact) mass is 311 g/mol. The Hall–Kier alpha value is -1.30. The van der Waals surface area contributed by atoms with Crippen molar-refractivity contribution in [3.8, 4) is 0 Å².